The first kappa shape index (κ1) is 16.6. The molecule has 0 radical (unpaired) electrons. The highest BCUT2D eigenvalue weighted by atomic mass is 16.5. The van der Waals surface area contributed by atoms with Gasteiger partial charge in [0.2, 0.25) is 5.91 Å². The summed E-state index contributed by atoms with van der Waals surface area (Å²) in [5.74, 6) is 1.62. The van der Waals surface area contributed by atoms with E-state index in [1.54, 1.807) is 6.20 Å². The average molecular weight is 329 g/mol. The first-order valence-electron chi connectivity index (χ1n) is 8.23. The highest BCUT2D eigenvalue weighted by molar-refractivity contribution is 5.84. The summed E-state index contributed by atoms with van der Waals surface area (Å²) in [6.07, 6.45) is 2.45. The molecule has 7 nitrogen and oxygen atoms in total. The maximum Gasteiger partial charge on any atom is 0.248 e. The Bertz CT molecular complexity index is 713. The lowest BCUT2D eigenvalue weighted by Gasteiger charge is -2.35. The van der Waals surface area contributed by atoms with E-state index in [4.69, 9.17) is 4.74 Å². The van der Waals surface area contributed by atoms with Crippen molar-refractivity contribution in [2.24, 2.45) is 0 Å². The Labute approximate surface area is 141 Å². The second-order valence-corrected chi connectivity index (χ2v) is 6.56. The van der Waals surface area contributed by atoms with Crippen molar-refractivity contribution in [2.75, 3.05) is 13.2 Å². The molecule has 128 valence electrons. The Kier molecular flexibility index (Phi) is 4.62. The van der Waals surface area contributed by atoms with Crippen LogP contribution in [-0.2, 0) is 28.1 Å². The number of nitrogens with one attached hydrogen (secondary N) is 1. The smallest absolute Gasteiger partial charge is 0.248 e. The van der Waals surface area contributed by atoms with Crippen molar-refractivity contribution in [1.82, 2.24) is 25.1 Å². The van der Waals surface area contributed by atoms with Crippen LogP contribution in [0.25, 0.3) is 0 Å². The summed E-state index contributed by atoms with van der Waals surface area (Å²) in [5, 5.41) is 11.4. The SMILES string of the molecule is CC(C)c1nnc2n1C(C)(C(=O)NCCc1ccccn1)COC2. The van der Waals surface area contributed by atoms with E-state index in [1.807, 2.05) is 43.5 Å². The van der Waals surface area contributed by atoms with E-state index in [0.29, 0.717) is 32.0 Å². The lowest BCUT2D eigenvalue weighted by molar-refractivity contribution is -0.135. The molecule has 3 heterocycles. The van der Waals surface area contributed by atoms with Gasteiger partial charge in [0.15, 0.2) is 5.82 Å². The third-order valence-corrected chi connectivity index (χ3v) is 4.26. The van der Waals surface area contributed by atoms with Crippen molar-refractivity contribution in [3.8, 4) is 0 Å². The summed E-state index contributed by atoms with van der Waals surface area (Å²) < 4.78 is 7.54. The molecule has 1 aliphatic rings. The van der Waals surface area contributed by atoms with E-state index in [-0.39, 0.29) is 11.8 Å². The molecule has 1 atom stereocenters. The van der Waals surface area contributed by atoms with Crippen LogP contribution >= 0.6 is 0 Å². The quantitative estimate of drug-likeness (QED) is 0.897. The Hall–Kier alpha value is -2.28. The molecule has 1 unspecified atom stereocenters. The van der Waals surface area contributed by atoms with Crippen LogP contribution in [0.5, 0.6) is 0 Å². The fourth-order valence-electron chi connectivity index (χ4n) is 2.95. The van der Waals surface area contributed by atoms with Gasteiger partial charge in [0.05, 0.1) is 6.61 Å². The third-order valence-electron chi connectivity index (χ3n) is 4.26. The van der Waals surface area contributed by atoms with Crippen molar-refractivity contribution in [3.63, 3.8) is 0 Å². The molecule has 0 aromatic carbocycles. The second kappa shape index (κ2) is 6.68. The number of carbonyl (C=O) groups excluding carboxylic acids is 1. The fourth-order valence-corrected chi connectivity index (χ4v) is 2.95. The van der Waals surface area contributed by atoms with Gasteiger partial charge in [-0.1, -0.05) is 19.9 Å². The van der Waals surface area contributed by atoms with Crippen LogP contribution in [-0.4, -0.2) is 38.8 Å². The molecule has 2 aromatic rings. The molecule has 3 rings (SSSR count). The number of hydrogen-bond donors (Lipinski definition) is 1. The zero-order valence-electron chi connectivity index (χ0n) is 14.3. The molecule has 0 aliphatic carbocycles. The standard InChI is InChI=1S/C17H23N5O2/c1-12(2)15-21-20-14-10-24-11-17(3,22(14)15)16(23)19-9-7-13-6-4-5-8-18-13/h4-6,8,12H,7,9-11H2,1-3H3,(H,19,23). The average Bonchev–Trinajstić information content (AvgIpc) is 3.02. The number of nitrogens with zero attached hydrogens (tertiary/aromatic N) is 4. The largest absolute Gasteiger partial charge is 0.370 e. The second-order valence-electron chi connectivity index (χ2n) is 6.56. The van der Waals surface area contributed by atoms with E-state index >= 15 is 0 Å². The maximum atomic E-state index is 12.9. The van der Waals surface area contributed by atoms with E-state index < -0.39 is 5.54 Å². The normalized spacial score (nSPS) is 20.0. The minimum atomic E-state index is -0.833. The summed E-state index contributed by atoms with van der Waals surface area (Å²) >= 11 is 0. The van der Waals surface area contributed by atoms with Crippen LogP contribution in [0.4, 0.5) is 0 Å². The summed E-state index contributed by atoms with van der Waals surface area (Å²) in [6, 6.07) is 5.77. The number of rotatable bonds is 5. The van der Waals surface area contributed by atoms with Crippen LogP contribution in [0.15, 0.2) is 24.4 Å². The van der Waals surface area contributed by atoms with Gasteiger partial charge in [-0.2, -0.15) is 0 Å². The van der Waals surface area contributed by atoms with Gasteiger partial charge in [-0.25, -0.2) is 0 Å². The number of fused-ring (bicyclic) bond motifs is 1. The molecular formula is C17H23N5O2. The van der Waals surface area contributed by atoms with Gasteiger partial charge in [0, 0.05) is 30.8 Å². The Morgan fingerprint density at radius 2 is 2.25 bits per heavy atom. The number of carbonyl (C=O) groups is 1. The van der Waals surface area contributed by atoms with Gasteiger partial charge in [-0.15, -0.1) is 10.2 Å². The molecule has 1 aliphatic heterocycles. The highest BCUT2D eigenvalue weighted by Gasteiger charge is 2.42. The summed E-state index contributed by atoms with van der Waals surface area (Å²) in [6.45, 7) is 7.20. The molecule has 1 amide bonds. The highest BCUT2D eigenvalue weighted by Crippen LogP contribution is 2.29. The van der Waals surface area contributed by atoms with Gasteiger partial charge in [0.25, 0.3) is 0 Å². The number of amides is 1. The molecule has 24 heavy (non-hydrogen) atoms. The van der Waals surface area contributed by atoms with Crippen LogP contribution in [0.2, 0.25) is 0 Å². The number of ether oxygens (including phenoxy) is 1. The number of pyridine rings is 1. The molecule has 0 saturated carbocycles. The number of hydrogen-bond acceptors (Lipinski definition) is 5. The predicted molar refractivity (Wildman–Crippen MR) is 88.4 cm³/mol. The lowest BCUT2D eigenvalue weighted by atomic mass is 9.99. The van der Waals surface area contributed by atoms with Crippen molar-refractivity contribution in [3.05, 3.63) is 41.7 Å². The van der Waals surface area contributed by atoms with Gasteiger partial charge in [0.1, 0.15) is 18.0 Å². The first-order chi connectivity index (χ1) is 11.5. The Morgan fingerprint density at radius 1 is 1.42 bits per heavy atom. The Balaban J connectivity index is 1.74. The van der Waals surface area contributed by atoms with Crippen molar-refractivity contribution >= 4 is 5.91 Å². The van der Waals surface area contributed by atoms with Crippen LogP contribution in [0.1, 0.15) is 44.0 Å². The summed E-state index contributed by atoms with van der Waals surface area (Å²) in [4.78, 5) is 17.1. The van der Waals surface area contributed by atoms with Crippen LogP contribution < -0.4 is 5.32 Å². The summed E-state index contributed by atoms with van der Waals surface area (Å²) in [5.41, 5.74) is 0.122. The molecule has 0 saturated heterocycles. The van der Waals surface area contributed by atoms with Gasteiger partial charge in [-0.3, -0.25) is 14.3 Å². The van der Waals surface area contributed by atoms with Crippen LogP contribution in [0.3, 0.4) is 0 Å². The molecule has 0 bridgehead atoms. The van der Waals surface area contributed by atoms with Gasteiger partial charge >= 0.3 is 0 Å². The Morgan fingerprint density at radius 3 is 2.96 bits per heavy atom. The summed E-state index contributed by atoms with van der Waals surface area (Å²) in [7, 11) is 0. The van der Waals surface area contributed by atoms with Gasteiger partial charge < -0.3 is 10.1 Å². The minimum absolute atomic E-state index is 0.0823. The van der Waals surface area contributed by atoms with Crippen molar-refractivity contribution < 1.29 is 9.53 Å². The third kappa shape index (κ3) is 3.03. The number of aromatic nitrogens is 4. The topological polar surface area (TPSA) is 81.9 Å². The van der Waals surface area contributed by atoms with Crippen molar-refractivity contribution in [1.29, 1.82) is 0 Å². The van der Waals surface area contributed by atoms with Gasteiger partial charge in [-0.05, 0) is 19.1 Å². The minimum Gasteiger partial charge on any atom is -0.370 e. The first-order valence-corrected chi connectivity index (χ1v) is 8.23. The zero-order valence-corrected chi connectivity index (χ0v) is 14.3. The maximum absolute atomic E-state index is 12.9. The molecular weight excluding hydrogens is 306 g/mol. The molecule has 0 fully saturated rings. The molecule has 2 aromatic heterocycles. The molecule has 0 spiro atoms. The van der Waals surface area contributed by atoms with Crippen LogP contribution in [0, 0.1) is 0 Å². The van der Waals surface area contributed by atoms with E-state index in [2.05, 4.69) is 20.5 Å². The van der Waals surface area contributed by atoms with E-state index in [9.17, 15) is 4.79 Å². The lowest BCUT2D eigenvalue weighted by Crippen LogP contribution is -2.53. The zero-order chi connectivity index (χ0) is 17.2. The van der Waals surface area contributed by atoms with Crippen molar-refractivity contribution in [2.45, 2.75) is 45.3 Å². The van der Waals surface area contributed by atoms with E-state index in [1.165, 1.54) is 0 Å². The van der Waals surface area contributed by atoms with E-state index in [0.717, 1.165) is 11.5 Å². The predicted octanol–water partition coefficient (Wildman–Crippen LogP) is 1.40. The molecule has 1 N–H and O–H groups in total. The molecule has 7 heteroatoms. The fraction of sp³-hybridized carbons (Fsp3) is 0.529. The monoisotopic (exact) mass is 329 g/mol.